The van der Waals surface area contributed by atoms with E-state index in [0.29, 0.717) is 28.9 Å². The van der Waals surface area contributed by atoms with Crippen LogP contribution < -0.4 is 0 Å². The van der Waals surface area contributed by atoms with Crippen molar-refractivity contribution >= 4 is 21.7 Å². The summed E-state index contributed by atoms with van der Waals surface area (Å²) in [6.45, 7) is 0. The molecule has 6 heteroatoms. The molecular formula is C44H28N6. The third-order valence-corrected chi connectivity index (χ3v) is 8.84. The second-order valence-corrected chi connectivity index (χ2v) is 12.0. The van der Waals surface area contributed by atoms with Gasteiger partial charge in [-0.15, -0.1) is 0 Å². The highest BCUT2D eigenvalue weighted by molar-refractivity contribution is 6.13. The van der Waals surface area contributed by atoms with Gasteiger partial charge in [-0.3, -0.25) is 9.97 Å². The Hall–Kier alpha value is -6.92. The van der Waals surface area contributed by atoms with Crippen LogP contribution in [0.5, 0.6) is 0 Å². The standard InChI is InChI=1S/C44H28N6/c1-2-11-30(12-3-1)36-28-40(47-37-24-23-31-13-4-5-16-35(31)41(36)37)34-15-10-14-33(27-34)29-19-21-32(22-20-29)42-48-43(38-17-6-8-25-45-38)50-44(49-42)39-18-7-9-26-46-39/h1-28H. The van der Waals surface area contributed by atoms with Crippen LogP contribution in [0.25, 0.3) is 89.6 Å². The average Bonchev–Trinajstić information content (AvgIpc) is 3.21. The number of hydrogen-bond donors (Lipinski definition) is 0. The van der Waals surface area contributed by atoms with E-state index < -0.39 is 0 Å². The maximum Gasteiger partial charge on any atom is 0.182 e. The van der Waals surface area contributed by atoms with Crippen molar-refractivity contribution in [1.82, 2.24) is 29.9 Å². The van der Waals surface area contributed by atoms with E-state index in [1.54, 1.807) is 12.4 Å². The largest absolute Gasteiger partial charge is 0.253 e. The van der Waals surface area contributed by atoms with E-state index in [-0.39, 0.29) is 0 Å². The van der Waals surface area contributed by atoms with Crippen LogP contribution in [0.3, 0.4) is 0 Å². The van der Waals surface area contributed by atoms with Crippen LogP contribution in [0.2, 0.25) is 0 Å². The number of rotatable bonds is 6. The molecule has 0 unspecified atom stereocenters. The lowest BCUT2D eigenvalue weighted by Gasteiger charge is -2.14. The molecule has 0 amide bonds. The fraction of sp³-hybridized carbons (Fsp3) is 0. The topological polar surface area (TPSA) is 77.3 Å². The minimum Gasteiger partial charge on any atom is -0.253 e. The third-order valence-electron chi connectivity index (χ3n) is 8.84. The van der Waals surface area contributed by atoms with Gasteiger partial charge < -0.3 is 0 Å². The number of pyridine rings is 3. The number of benzene rings is 5. The van der Waals surface area contributed by atoms with Crippen LogP contribution >= 0.6 is 0 Å². The number of hydrogen-bond acceptors (Lipinski definition) is 6. The summed E-state index contributed by atoms with van der Waals surface area (Å²) in [4.78, 5) is 28.5. The van der Waals surface area contributed by atoms with Gasteiger partial charge in [-0.25, -0.2) is 19.9 Å². The van der Waals surface area contributed by atoms with Crippen LogP contribution in [-0.2, 0) is 0 Å². The molecule has 4 heterocycles. The van der Waals surface area contributed by atoms with E-state index in [4.69, 9.17) is 19.9 Å². The van der Waals surface area contributed by atoms with Crippen molar-refractivity contribution in [2.45, 2.75) is 0 Å². The molecule has 50 heavy (non-hydrogen) atoms. The molecule has 0 aliphatic heterocycles. The molecule has 6 nitrogen and oxygen atoms in total. The second kappa shape index (κ2) is 12.6. The number of aromatic nitrogens is 6. The lowest BCUT2D eigenvalue weighted by atomic mass is 9.94. The normalized spacial score (nSPS) is 11.2. The van der Waals surface area contributed by atoms with Crippen LogP contribution in [0.4, 0.5) is 0 Å². The lowest BCUT2D eigenvalue weighted by Crippen LogP contribution is -2.01. The Balaban J connectivity index is 1.10. The third kappa shape index (κ3) is 5.55. The fourth-order valence-electron chi connectivity index (χ4n) is 6.39. The van der Waals surface area contributed by atoms with E-state index in [2.05, 4.69) is 131 Å². The quantitative estimate of drug-likeness (QED) is 0.168. The summed E-state index contributed by atoms with van der Waals surface area (Å²) < 4.78 is 0. The first-order valence-electron chi connectivity index (χ1n) is 16.4. The first-order chi connectivity index (χ1) is 24.8. The molecule has 9 rings (SSSR count). The Morgan fingerprint density at radius 3 is 1.68 bits per heavy atom. The molecule has 0 aliphatic rings. The average molecular weight is 641 g/mol. The van der Waals surface area contributed by atoms with E-state index in [1.165, 1.54) is 27.3 Å². The monoisotopic (exact) mass is 640 g/mol. The summed E-state index contributed by atoms with van der Waals surface area (Å²) in [5.74, 6) is 1.56. The first-order valence-corrected chi connectivity index (χ1v) is 16.4. The maximum atomic E-state index is 5.20. The zero-order valence-corrected chi connectivity index (χ0v) is 26.8. The highest BCUT2D eigenvalue weighted by atomic mass is 15.1. The van der Waals surface area contributed by atoms with E-state index in [9.17, 15) is 0 Å². The highest BCUT2D eigenvalue weighted by Crippen LogP contribution is 2.37. The van der Waals surface area contributed by atoms with Crippen LogP contribution in [0, 0.1) is 0 Å². The van der Waals surface area contributed by atoms with Crippen LogP contribution in [-0.4, -0.2) is 29.9 Å². The number of fused-ring (bicyclic) bond motifs is 3. The molecule has 0 N–H and O–H groups in total. The van der Waals surface area contributed by atoms with Crippen LogP contribution in [0.15, 0.2) is 170 Å². The maximum absolute atomic E-state index is 5.20. The molecule has 0 radical (unpaired) electrons. The van der Waals surface area contributed by atoms with Crippen molar-refractivity contribution < 1.29 is 0 Å². The van der Waals surface area contributed by atoms with Gasteiger partial charge in [-0.05, 0) is 75.5 Å². The van der Waals surface area contributed by atoms with Gasteiger partial charge in [0.25, 0.3) is 0 Å². The smallest absolute Gasteiger partial charge is 0.182 e. The predicted molar refractivity (Wildman–Crippen MR) is 201 cm³/mol. The molecule has 9 aromatic rings. The molecule has 0 fully saturated rings. The van der Waals surface area contributed by atoms with Crippen molar-refractivity contribution in [2.75, 3.05) is 0 Å². The van der Waals surface area contributed by atoms with E-state index >= 15 is 0 Å². The molecule has 0 aliphatic carbocycles. The summed E-state index contributed by atoms with van der Waals surface area (Å²) in [5, 5.41) is 3.57. The van der Waals surface area contributed by atoms with Crippen molar-refractivity contribution in [2.24, 2.45) is 0 Å². The van der Waals surface area contributed by atoms with Gasteiger partial charge >= 0.3 is 0 Å². The molecule has 0 saturated heterocycles. The molecule has 234 valence electrons. The summed E-state index contributed by atoms with van der Waals surface area (Å²) in [5.41, 5.74) is 9.69. The molecule has 4 aromatic heterocycles. The van der Waals surface area contributed by atoms with Crippen molar-refractivity contribution in [3.63, 3.8) is 0 Å². The minimum absolute atomic E-state index is 0.499. The summed E-state index contributed by atoms with van der Waals surface area (Å²) >= 11 is 0. The van der Waals surface area contributed by atoms with Gasteiger partial charge in [0, 0.05) is 28.9 Å². The lowest BCUT2D eigenvalue weighted by molar-refractivity contribution is 1.05. The summed E-state index contributed by atoms with van der Waals surface area (Å²) in [6, 6.07) is 53.9. The molecule has 0 saturated carbocycles. The van der Waals surface area contributed by atoms with Gasteiger partial charge in [0.1, 0.15) is 11.4 Å². The van der Waals surface area contributed by atoms with Crippen LogP contribution in [0.1, 0.15) is 0 Å². The van der Waals surface area contributed by atoms with Gasteiger partial charge in [-0.1, -0.05) is 115 Å². The van der Waals surface area contributed by atoms with Gasteiger partial charge in [-0.2, -0.15) is 0 Å². The Labute approximate surface area is 288 Å². The Morgan fingerprint density at radius 2 is 0.960 bits per heavy atom. The fourth-order valence-corrected chi connectivity index (χ4v) is 6.39. The van der Waals surface area contributed by atoms with Gasteiger partial charge in [0.2, 0.25) is 0 Å². The zero-order chi connectivity index (χ0) is 33.3. The molecule has 0 bridgehead atoms. The Morgan fingerprint density at radius 1 is 0.340 bits per heavy atom. The second-order valence-electron chi connectivity index (χ2n) is 12.0. The SMILES string of the molecule is c1ccc(-c2cc(-c3cccc(-c4ccc(-c5nc(-c6ccccn6)nc(-c6ccccn6)n5)cc4)c3)nc3ccc4ccccc4c23)cc1. The van der Waals surface area contributed by atoms with E-state index in [0.717, 1.165) is 33.5 Å². The molecule has 0 spiro atoms. The van der Waals surface area contributed by atoms with Gasteiger partial charge in [0.15, 0.2) is 17.5 Å². The van der Waals surface area contributed by atoms with Crippen molar-refractivity contribution in [3.05, 3.63) is 170 Å². The molecular weight excluding hydrogens is 613 g/mol. The van der Waals surface area contributed by atoms with E-state index in [1.807, 2.05) is 36.4 Å². The molecule has 5 aromatic carbocycles. The summed E-state index contributed by atoms with van der Waals surface area (Å²) in [6.07, 6.45) is 3.47. The molecule has 0 atom stereocenters. The zero-order valence-electron chi connectivity index (χ0n) is 26.8. The van der Waals surface area contributed by atoms with Crippen molar-refractivity contribution in [3.8, 4) is 67.9 Å². The first kappa shape index (κ1) is 29.2. The van der Waals surface area contributed by atoms with Gasteiger partial charge in [0.05, 0.1) is 11.2 Å². The predicted octanol–water partition coefficient (Wildman–Crippen LogP) is 10.4. The Kier molecular flexibility index (Phi) is 7.37. The summed E-state index contributed by atoms with van der Waals surface area (Å²) in [7, 11) is 0. The minimum atomic E-state index is 0.499. The Bertz CT molecular complexity index is 2570. The van der Waals surface area contributed by atoms with Crippen molar-refractivity contribution in [1.29, 1.82) is 0 Å². The highest BCUT2D eigenvalue weighted by Gasteiger charge is 2.15. The number of nitrogens with zero attached hydrogens (tertiary/aromatic N) is 6.